The van der Waals surface area contributed by atoms with Crippen LogP contribution in [0.5, 0.6) is 0 Å². The molecule has 2 unspecified atom stereocenters. The molecule has 9 heteroatoms. The lowest BCUT2D eigenvalue weighted by molar-refractivity contribution is 0.242. The molecule has 154 valence electrons. The molecule has 0 spiro atoms. The lowest BCUT2D eigenvalue weighted by Gasteiger charge is -2.35. The largest absolute Gasteiger partial charge is 0.369 e. The maximum Gasteiger partial charge on any atom is 0.234 e. The van der Waals surface area contributed by atoms with Gasteiger partial charge in [-0.3, -0.25) is 10.3 Å². The van der Waals surface area contributed by atoms with Gasteiger partial charge < -0.3 is 4.90 Å². The molecule has 0 bridgehead atoms. The van der Waals surface area contributed by atoms with E-state index in [2.05, 4.69) is 75.0 Å². The van der Waals surface area contributed by atoms with Crippen molar-refractivity contribution < 1.29 is 0 Å². The van der Waals surface area contributed by atoms with Crippen molar-refractivity contribution in [3.8, 4) is 0 Å². The molecule has 0 amide bonds. The van der Waals surface area contributed by atoms with Gasteiger partial charge in [-0.1, -0.05) is 43.4 Å². The van der Waals surface area contributed by atoms with Crippen LogP contribution >= 0.6 is 11.3 Å². The van der Waals surface area contributed by atoms with Gasteiger partial charge in [0.1, 0.15) is 5.01 Å². The number of piperazine rings is 1. The minimum absolute atomic E-state index is 0.247. The van der Waals surface area contributed by atoms with Gasteiger partial charge in [0.25, 0.3) is 0 Å². The Bertz CT molecular complexity index is 944. The number of hydrazine groups is 1. The fourth-order valence-electron chi connectivity index (χ4n) is 4.10. The van der Waals surface area contributed by atoms with Gasteiger partial charge in [-0.2, -0.15) is 9.61 Å². The summed E-state index contributed by atoms with van der Waals surface area (Å²) in [5, 5.41) is 14.7. The van der Waals surface area contributed by atoms with Crippen molar-refractivity contribution in [3.63, 3.8) is 0 Å². The molecule has 2 aliphatic heterocycles. The second-order valence-corrected chi connectivity index (χ2v) is 9.26. The summed E-state index contributed by atoms with van der Waals surface area (Å²) < 4.78 is 1.94. The predicted molar refractivity (Wildman–Crippen MR) is 115 cm³/mol. The van der Waals surface area contributed by atoms with E-state index < -0.39 is 0 Å². The molecule has 29 heavy (non-hydrogen) atoms. The number of anilines is 1. The van der Waals surface area contributed by atoms with Gasteiger partial charge in [-0.15, -0.1) is 10.2 Å². The quantitative estimate of drug-likeness (QED) is 0.665. The molecule has 2 aromatic heterocycles. The van der Waals surface area contributed by atoms with Gasteiger partial charge in [0.2, 0.25) is 4.96 Å². The van der Waals surface area contributed by atoms with Crippen LogP contribution < -0.4 is 15.8 Å². The molecule has 0 radical (unpaired) electrons. The second kappa shape index (κ2) is 7.98. The van der Waals surface area contributed by atoms with Crippen LogP contribution in [-0.4, -0.2) is 56.9 Å². The molecule has 2 fully saturated rings. The summed E-state index contributed by atoms with van der Waals surface area (Å²) in [6.07, 6.45) is 1.05. The zero-order valence-electron chi connectivity index (χ0n) is 17.0. The molecular weight excluding hydrogens is 384 g/mol. The Balaban J connectivity index is 1.23. The molecule has 2 N–H and O–H groups in total. The van der Waals surface area contributed by atoms with Gasteiger partial charge in [-0.05, 0) is 24.5 Å². The van der Waals surface area contributed by atoms with Crippen LogP contribution in [0.15, 0.2) is 30.3 Å². The number of rotatable bonds is 5. The highest BCUT2D eigenvalue weighted by atomic mass is 32.1. The second-order valence-electron chi connectivity index (χ2n) is 8.28. The predicted octanol–water partition coefficient (Wildman–Crippen LogP) is 2.07. The van der Waals surface area contributed by atoms with E-state index >= 15 is 0 Å². The smallest absolute Gasteiger partial charge is 0.234 e. The van der Waals surface area contributed by atoms with E-state index in [0.29, 0.717) is 12.0 Å². The molecule has 3 aromatic rings. The van der Waals surface area contributed by atoms with Crippen LogP contribution in [0.4, 0.5) is 5.69 Å². The van der Waals surface area contributed by atoms with Crippen molar-refractivity contribution in [3.05, 3.63) is 41.2 Å². The number of fused-ring (bicyclic) bond motifs is 1. The van der Waals surface area contributed by atoms with E-state index in [1.54, 1.807) is 11.3 Å². The zero-order chi connectivity index (χ0) is 19.8. The van der Waals surface area contributed by atoms with E-state index in [0.717, 1.165) is 54.9 Å². The Morgan fingerprint density at radius 3 is 2.59 bits per heavy atom. The van der Waals surface area contributed by atoms with Gasteiger partial charge in [-0.25, -0.2) is 5.43 Å². The molecule has 8 nitrogen and oxygen atoms in total. The van der Waals surface area contributed by atoms with Gasteiger partial charge >= 0.3 is 0 Å². The fraction of sp³-hybridized carbons (Fsp3) is 0.550. The Hall–Kier alpha value is -2.07. The first-order valence-corrected chi connectivity index (χ1v) is 11.2. The maximum absolute atomic E-state index is 4.85. The first-order chi connectivity index (χ1) is 14.2. The Kier molecular flexibility index (Phi) is 5.21. The number of nitrogens with one attached hydrogen (secondary N) is 2. The molecule has 5 rings (SSSR count). The minimum Gasteiger partial charge on any atom is -0.369 e. The summed E-state index contributed by atoms with van der Waals surface area (Å²) in [6.45, 7) is 9.38. The highest BCUT2D eigenvalue weighted by Crippen LogP contribution is 2.29. The van der Waals surface area contributed by atoms with Crippen molar-refractivity contribution in [2.75, 3.05) is 31.1 Å². The summed E-state index contributed by atoms with van der Waals surface area (Å²) in [5.74, 6) is 1.53. The van der Waals surface area contributed by atoms with Crippen LogP contribution in [0.1, 0.15) is 37.1 Å². The molecule has 0 aliphatic carbocycles. The Morgan fingerprint density at radius 2 is 1.86 bits per heavy atom. The van der Waals surface area contributed by atoms with Crippen LogP contribution in [0.3, 0.4) is 0 Å². The van der Waals surface area contributed by atoms with Crippen LogP contribution in [0.25, 0.3) is 4.96 Å². The standard InChI is InChI=1S/C20H28N8S/c1-14(2)16-12-17(22-21-16)19-25-28-18(23-24-20(28)29-19)13-26-8-10-27(11-9-26)15-6-4-3-5-7-15/h3-7,14,16-17,21-22H,8-13H2,1-2H3. The molecule has 2 saturated heterocycles. The van der Waals surface area contributed by atoms with Crippen LogP contribution in [-0.2, 0) is 6.54 Å². The topological polar surface area (TPSA) is 73.6 Å². The monoisotopic (exact) mass is 412 g/mol. The lowest BCUT2D eigenvalue weighted by atomic mass is 10.0. The SMILES string of the molecule is CC(C)C1CC(c2nn3c(CN4CCN(c5ccccc5)CC4)nnc3s2)NN1. The van der Waals surface area contributed by atoms with E-state index in [-0.39, 0.29) is 6.04 Å². The minimum atomic E-state index is 0.247. The third-order valence-electron chi connectivity index (χ3n) is 5.97. The normalized spacial score (nSPS) is 23.5. The number of aromatic nitrogens is 4. The van der Waals surface area contributed by atoms with E-state index in [1.165, 1.54) is 5.69 Å². The summed E-state index contributed by atoms with van der Waals surface area (Å²) in [5.41, 5.74) is 8.10. The third-order valence-corrected chi connectivity index (χ3v) is 6.98. The van der Waals surface area contributed by atoms with Gasteiger partial charge in [0, 0.05) is 37.9 Å². The van der Waals surface area contributed by atoms with Crippen molar-refractivity contribution in [1.82, 2.24) is 35.6 Å². The number of para-hydroxylation sites is 1. The average Bonchev–Trinajstić information content (AvgIpc) is 3.46. The van der Waals surface area contributed by atoms with Gasteiger partial charge in [0.15, 0.2) is 5.82 Å². The lowest BCUT2D eigenvalue weighted by Crippen LogP contribution is -2.46. The molecule has 2 aliphatic rings. The third kappa shape index (κ3) is 3.87. The van der Waals surface area contributed by atoms with Crippen LogP contribution in [0.2, 0.25) is 0 Å². The van der Waals surface area contributed by atoms with Gasteiger partial charge in [0.05, 0.1) is 12.6 Å². The summed E-state index contributed by atoms with van der Waals surface area (Å²) in [4.78, 5) is 5.77. The van der Waals surface area contributed by atoms with E-state index in [4.69, 9.17) is 5.10 Å². The first kappa shape index (κ1) is 18.9. The average molecular weight is 413 g/mol. The van der Waals surface area contributed by atoms with E-state index in [1.807, 2.05) is 4.52 Å². The number of nitrogens with zero attached hydrogens (tertiary/aromatic N) is 6. The first-order valence-electron chi connectivity index (χ1n) is 10.4. The van der Waals surface area contributed by atoms with E-state index in [9.17, 15) is 0 Å². The molecule has 2 atom stereocenters. The van der Waals surface area contributed by atoms with Crippen molar-refractivity contribution in [2.45, 2.75) is 38.9 Å². The molecular formula is C20H28N8S. The number of benzene rings is 1. The number of hydrogen-bond donors (Lipinski definition) is 2. The maximum atomic E-state index is 4.85. The van der Waals surface area contributed by atoms with Crippen molar-refractivity contribution in [2.24, 2.45) is 5.92 Å². The molecule has 4 heterocycles. The molecule has 0 saturated carbocycles. The summed E-state index contributed by atoms with van der Waals surface area (Å²) >= 11 is 1.64. The van der Waals surface area contributed by atoms with Crippen LogP contribution in [0, 0.1) is 5.92 Å². The fourth-order valence-corrected chi connectivity index (χ4v) is 5.02. The van der Waals surface area contributed by atoms with Crippen molar-refractivity contribution >= 4 is 22.0 Å². The highest BCUT2D eigenvalue weighted by molar-refractivity contribution is 7.16. The Labute approximate surface area is 174 Å². The zero-order valence-corrected chi connectivity index (χ0v) is 17.8. The van der Waals surface area contributed by atoms with Crippen molar-refractivity contribution in [1.29, 1.82) is 0 Å². The molecule has 1 aromatic carbocycles. The number of hydrogen-bond acceptors (Lipinski definition) is 8. The highest BCUT2D eigenvalue weighted by Gasteiger charge is 2.30. The summed E-state index contributed by atoms with van der Waals surface area (Å²) in [6, 6.07) is 11.4. The Morgan fingerprint density at radius 1 is 1.07 bits per heavy atom. The summed E-state index contributed by atoms with van der Waals surface area (Å²) in [7, 11) is 0.